The van der Waals surface area contributed by atoms with Gasteiger partial charge in [0.25, 0.3) is 0 Å². The van der Waals surface area contributed by atoms with Gasteiger partial charge in [-0.1, -0.05) is 39.7 Å². The lowest BCUT2D eigenvalue weighted by molar-refractivity contribution is 0.280. The fourth-order valence-corrected chi connectivity index (χ4v) is 3.25. The van der Waals surface area contributed by atoms with Gasteiger partial charge in [-0.2, -0.15) is 0 Å². The van der Waals surface area contributed by atoms with Crippen LogP contribution in [0.4, 0.5) is 0 Å². The van der Waals surface area contributed by atoms with Crippen LogP contribution in [0.3, 0.4) is 0 Å². The van der Waals surface area contributed by atoms with E-state index in [1.807, 2.05) is 36.4 Å². The molecule has 142 valence electrons. The summed E-state index contributed by atoms with van der Waals surface area (Å²) >= 11 is 9.70. The van der Waals surface area contributed by atoms with E-state index in [9.17, 15) is 0 Å². The number of nitrogens with one attached hydrogen (secondary N) is 1. The third kappa shape index (κ3) is 6.47. The molecule has 0 fully saturated rings. The van der Waals surface area contributed by atoms with Gasteiger partial charge in [-0.25, -0.2) is 0 Å². The van der Waals surface area contributed by atoms with E-state index in [0.717, 1.165) is 46.6 Å². The summed E-state index contributed by atoms with van der Waals surface area (Å²) in [6.07, 6.45) is 1.09. The average Bonchev–Trinajstić information content (AvgIpc) is 2.61. The van der Waals surface area contributed by atoms with Gasteiger partial charge in [0.2, 0.25) is 0 Å². The van der Waals surface area contributed by atoms with Crippen LogP contribution in [0.2, 0.25) is 5.02 Å². The van der Waals surface area contributed by atoms with Crippen molar-refractivity contribution < 1.29 is 9.47 Å². The van der Waals surface area contributed by atoms with Crippen molar-refractivity contribution in [1.82, 2.24) is 10.2 Å². The Morgan fingerprint density at radius 3 is 2.69 bits per heavy atom. The zero-order chi connectivity index (χ0) is 18.9. The second-order valence-electron chi connectivity index (χ2n) is 6.31. The number of halogens is 2. The third-order valence-electron chi connectivity index (χ3n) is 3.92. The summed E-state index contributed by atoms with van der Waals surface area (Å²) in [4.78, 5) is 2.18. The Morgan fingerprint density at radius 2 is 2.00 bits per heavy atom. The predicted octanol–water partition coefficient (Wildman–Crippen LogP) is 4.73. The normalized spacial score (nSPS) is 11.0. The molecule has 0 saturated heterocycles. The molecule has 6 heteroatoms. The van der Waals surface area contributed by atoms with Crippen LogP contribution in [0.1, 0.15) is 17.5 Å². The lowest BCUT2D eigenvalue weighted by Gasteiger charge is -2.17. The van der Waals surface area contributed by atoms with Crippen LogP contribution in [0.25, 0.3) is 0 Å². The van der Waals surface area contributed by atoms with E-state index in [-0.39, 0.29) is 0 Å². The molecule has 26 heavy (non-hydrogen) atoms. The van der Waals surface area contributed by atoms with Crippen molar-refractivity contribution in [3.63, 3.8) is 0 Å². The Morgan fingerprint density at radius 1 is 1.19 bits per heavy atom. The third-order valence-corrected chi connectivity index (χ3v) is 4.90. The van der Waals surface area contributed by atoms with Crippen molar-refractivity contribution in [3.05, 3.63) is 57.0 Å². The topological polar surface area (TPSA) is 33.7 Å². The number of rotatable bonds is 10. The molecular weight excluding hydrogens is 416 g/mol. The minimum Gasteiger partial charge on any atom is -0.493 e. The standard InChI is InChI=1S/C20H26BrClN2O2/c1-24(2)11-5-10-23-13-17-18(21)8-9-19(25-3)20(17)26-14-15-6-4-7-16(22)12-15/h4,6-9,12,23H,5,10-11,13-14H2,1-3H3. The molecule has 0 saturated carbocycles. The van der Waals surface area contributed by atoms with E-state index in [4.69, 9.17) is 21.1 Å². The number of ether oxygens (including phenoxy) is 2. The lowest BCUT2D eigenvalue weighted by atomic mass is 10.1. The van der Waals surface area contributed by atoms with Crippen molar-refractivity contribution in [1.29, 1.82) is 0 Å². The highest BCUT2D eigenvalue weighted by molar-refractivity contribution is 9.10. The second-order valence-corrected chi connectivity index (χ2v) is 7.60. The molecule has 2 rings (SSSR count). The maximum atomic E-state index is 6.11. The predicted molar refractivity (Wildman–Crippen MR) is 111 cm³/mol. The number of methoxy groups -OCH3 is 1. The van der Waals surface area contributed by atoms with Crippen LogP contribution in [-0.4, -0.2) is 39.2 Å². The second kappa shape index (κ2) is 10.8. The maximum Gasteiger partial charge on any atom is 0.167 e. The Kier molecular flexibility index (Phi) is 8.72. The highest BCUT2D eigenvalue weighted by Gasteiger charge is 2.14. The first-order chi connectivity index (χ1) is 12.5. The van der Waals surface area contributed by atoms with Gasteiger partial charge in [-0.05, 0) is 63.4 Å². The van der Waals surface area contributed by atoms with Crippen LogP contribution in [0.15, 0.2) is 40.9 Å². The fraction of sp³-hybridized carbons (Fsp3) is 0.400. The first-order valence-electron chi connectivity index (χ1n) is 8.59. The molecule has 0 aromatic heterocycles. The number of hydrogen-bond acceptors (Lipinski definition) is 4. The first-order valence-corrected chi connectivity index (χ1v) is 9.76. The van der Waals surface area contributed by atoms with E-state index < -0.39 is 0 Å². The molecule has 0 radical (unpaired) electrons. The molecule has 0 heterocycles. The van der Waals surface area contributed by atoms with Gasteiger partial charge in [0, 0.05) is 21.6 Å². The molecule has 2 aromatic rings. The zero-order valence-electron chi connectivity index (χ0n) is 15.5. The first kappa shape index (κ1) is 21.0. The van der Waals surface area contributed by atoms with Gasteiger partial charge in [-0.3, -0.25) is 0 Å². The Balaban J connectivity index is 2.08. The molecule has 0 aliphatic heterocycles. The van der Waals surface area contributed by atoms with Gasteiger partial charge < -0.3 is 19.7 Å². The molecule has 2 aromatic carbocycles. The molecule has 1 N–H and O–H groups in total. The average molecular weight is 442 g/mol. The van der Waals surface area contributed by atoms with Crippen molar-refractivity contribution in [3.8, 4) is 11.5 Å². The highest BCUT2D eigenvalue weighted by atomic mass is 79.9. The quantitative estimate of drug-likeness (QED) is 0.540. The van der Waals surface area contributed by atoms with E-state index in [1.165, 1.54) is 0 Å². The zero-order valence-corrected chi connectivity index (χ0v) is 17.9. The molecule has 0 atom stereocenters. The van der Waals surface area contributed by atoms with Crippen LogP contribution in [0, 0.1) is 0 Å². The lowest BCUT2D eigenvalue weighted by Crippen LogP contribution is -2.21. The van der Waals surface area contributed by atoms with Gasteiger partial charge in [0.05, 0.1) is 7.11 Å². The number of hydrogen-bond donors (Lipinski definition) is 1. The number of benzene rings is 2. The number of nitrogens with zero attached hydrogens (tertiary/aromatic N) is 1. The minimum atomic E-state index is 0.432. The molecule has 0 unspecified atom stereocenters. The molecular formula is C20H26BrClN2O2. The summed E-state index contributed by atoms with van der Waals surface area (Å²) in [5, 5.41) is 4.19. The van der Waals surface area contributed by atoms with Crippen molar-refractivity contribution in [2.75, 3.05) is 34.3 Å². The molecule has 0 aliphatic carbocycles. The summed E-state index contributed by atoms with van der Waals surface area (Å²) in [6.45, 7) is 3.14. The van der Waals surface area contributed by atoms with Crippen molar-refractivity contribution in [2.24, 2.45) is 0 Å². The highest BCUT2D eigenvalue weighted by Crippen LogP contribution is 2.36. The Bertz CT molecular complexity index is 710. The van der Waals surface area contributed by atoms with Crippen LogP contribution in [-0.2, 0) is 13.2 Å². The molecule has 0 spiro atoms. The van der Waals surface area contributed by atoms with E-state index >= 15 is 0 Å². The van der Waals surface area contributed by atoms with Crippen LogP contribution < -0.4 is 14.8 Å². The monoisotopic (exact) mass is 440 g/mol. The summed E-state index contributed by atoms with van der Waals surface area (Å²) in [5.74, 6) is 1.47. The van der Waals surface area contributed by atoms with Gasteiger partial charge in [-0.15, -0.1) is 0 Å². The van der Waals surface area contributed by atoms with E-state index in [1.54, 1.807) is 7.11 Å². The fourth-order valence-electron chi connectivity index (χ4n) is 2.58. The maximum absolute atomic E-state index is 6.11. The van der Waals surface area contributed by atoms with Gasteiger partial charge in [0.1, 0.15) is 6.61 Å². The Labute approximate surface area is 169 Å². The summed E-state index contributed by atoms with van der Waals surface area (Å²) < 4.78 is 12.6. The Hall–Kier alpha value is -1.27. The van der Waals surface area contributed by atoms with Gasteiger partial charge >= 0.3 is 0 Å². The van der Waals surface area contributed by atoms with Crippen molar-refractivity contribution >= 4 is 27.5 Å². The molecule has 0 amide bonds. The summed E-state index contributed by atoms with van der Waals surface area (Å²) in [7, 11) is 5.82. The summed E-state index contributed by atoms with van der Waals surface area (Å²) in [6, 6.07) is 11.6. The molecule has 0 bridgehead atoms. The van der Waals surface area contributed by atoms with E-state index in [2.05, 4.69) is 40.2 Å². The largest absolute Gasteiger partial charge is 0.493 e. The minimum absolute atomic E-state index is 0.432. The van der Waals surface area contributed by atoms with Crippen LogP contribution in [0.5, 0.6) is 11.5 Å². The smallest absolute Gasteiger partial charge is 0.167 e. The molecule has 4 nitrogen and oxygen atoms in total. The summed E-state index contributed by atoms with van der Waals surface area (Å²) in [5.41, 5.74) is 2.07. The van der Waals surface area contributed by atoms with Crippen molar-refractivity contribution in [2.45, 2.75) is 19.6 Å². The van der Waals surface area contributed by atoms with Gasteiger partial charge in [0.15, 0.2) is 11.5 Å². The van der Waals surface area contributed by atoms with E-state index in [0.29, 0.717) is 18.2 Å². The van der Waals surface area contributed by atoms with Crippen LogP contribution >= 0.6 is 27.5 Å². The SMILES string of the molecule is COc1ccc(Br)c(CNCCCN(C)C)c1OCc1cccc(Cl)c1. The molecule has 0 aliphatic rings.